The van der Waals surface area contributed by atoms with Crippen LogP contribution in [0.3, 0.4) is 0 Å². The highest BCUT2D eigenvalue weighted by Gasteiger charge is 2.47. The van der Waals surface area contributed by atoms with Gasteiger partial charge in [0.1, 0.15) is 12.4 Å². The largest absolute Gasteiger partial charge is 0.416 e. The summed E-state index contributed by atoms with van der Waals surface area (Å²) in [7, 11) is 3.61. The average Bonchev–Trinajstić information content (AvgIpc) is 3.13. The number of carbonyl (C=O) groups is 1. The zero-order chi connectivity index (χ0) is 27.4. The lowest BCUT2D eigenvalue weighted by Gasteiger charge is -2.34. The number of benzene rings is 1. The van der Waals surface area contributed by atoms with Crippen LogP contribution in [-0.2, 0) is 22.9 Å². The lowest BCUT2D eigenvalue weighted by Crippen LogP contribution is -2.41. The lowest BCUT2D eigenvalue weighted by molar-refractivity contribution is -0.137. The van der Waals surface area contributed by atoms with Crippen LogP contribution in [0.25, 0.3) is 11.2 Å². The first kappa shape index (κ1) is 26.4. The number of hydrogen-bond donors (Lipinski definition) is 2. The molecule has 1 aromatic carbocycles. The van der Waals surface area contributed by atoms with E-state index in [1.165, 1.54) is 0 Å². The highest BCUT2D eigenvalue weighted by atomic mass is 35.5. The van der Waals surface area contributed by atoms with Gasteiger partial charge >= 0.3 is 6.18 Å². The van der Waals surface area contributed by atoms with Gasteiger partial charge in [0.2, 0.25) is 11.3 Å². The number of piperidine rings is 1. The van der Waals surface area contributed by atoms with Crippen molar-refractivity contribution in [1.82, 2.24) is 19.9 Å². The first-order valence-corrected chi connectivity index (χ1v) is 12.8. The molecule has 2 aromatic heterocycles. The van der Waals surface area contributed by atoms with E-state index in [1.807, 2.05) is 6.92 Å². The highest BCUT2D eigenvalue weighted by molar-refractivity contribution is 6.33. The molecule has 1 atom stereocenters. The van der Waals surface area contributed by atoms with Gasteiger partial charge in [-0.15, -0.1) is 0 Å². The van der Waals surface area contributed by atoms with Gasteiger partial charge in [0.05, 0.1) is 22.5 Å². The Labute approximate surface area is 222 Å². The number of rotatable bonds is 4. The minimum Gasteiger partial charge on any atom is -0.361 e. The Bertz CT molecular complexity index is 1480. The summed E-state index contributed by atoms with van der Waals surface area (Å²) in [5.41, 5.74) is 0.659. The number of aromatic nitrogens is 3. The molecule has 1 aliphatic carbocycles. The topological polar surface area (TPSA) is 92.2 Å². The number of fused-ring (bicyclic) bond motifs is 3. The number of nitrogens with one attached hydrogen (secondary N) is 2. The fourth-order valence-corrected chi connectivity index (χ4v) is 6.11. The van der Waals surface area contributed by atoms with Crippen molar-refractivity contribution in [3.8, 4) is 0 Å². The molecule has 0 bridgehead atoms. The van der Waals surface area contributed by atoms with Crippen molar-refractivity contribution in [3.05, 3.63) is 56.5 Å². The number of nitrogens with zero attached hydrogens (tertiary/aromatic N) is 4. The van der Waals surface area contributed by atoms with E-state index < -0.39 is 17.6 Å². The van der Waals surface area contributed by atoms with Crippen molar-refractivity contribution in [3.63, 3.8) is 0 Å². The van der Waals surface area contributed by atoms with Gasteiger partial charge in [-0.05, 0) is 56.5 Å². The van der Waals surface area contributed by atoms with E-state index in [0.29, 0.717) is 17.0 Å². The number of anilines is 2. The molecule has 1 amide bonds. The number of pyridine rings is 1. The van der Waals surface area contributed by atoms with Crippen LogP contribution in [-0.4, -0.2) is 47.6 Å². The summed E-state index contributed by atoms with van der Waals surface area (Å²) in [6, 6.07) is 2.78. The fourth-order valence-electron chi connectivity index (χ4n) is 5.88. The zero-order valence-corrected chi connectivity index (χ0v) is 22.0. The van der Waals surface area contributed by atoms with E-state index in [1.54, 1.807) is 29.8 Å². The molecule has 2 N–H and O–H groups in total. The Morgan fingerprint density at radius 2 is 2.00 bits per heavy atom. The summed E-state index contributed by atoms with van der Waals surface area (Å²) < 4.78 is 40.8. The van der Waals surface area contributed by atoms with E-state index in [2.05, 4.69) is 20.6 Å². The molecule has 38 heavy (non-hydrogen) atoms. The zero-order valence-electron chi connectivity index (χ0n) is 21.2. The maximum Gasteiger partial charge on any atom is 0.416 e. The van der Waals surface area contributed by atoms with Crippen LogP contribution in [0.4, 0.5) is 24.7 Å². The molecule has 0 radical (unpaired) electrons. The van der Waals surface area contributed by atoms with E-state index >= 15 is 0 Å². The fraction of sp³-hybridized carbons (Fsp3) is 0.462. The third-order valence-corrected chi connectivity index (χ3v) is 7.88. The van der Waals surface area contributed by atoms with Crippen molar-refractivity contribution >= 4 is 40.2 Å². The summed E-state index contributed by atoms with van der Waals surface area (Å²) in [4.78, 5) is 38.1. The van der Waals surface area contributed by atoms with Gasteiger partial charge in [-0.25, -0.2) is 9.97 Å². The predicted molar refractivity (Wildman–Crippen MR) is 140 cm³/mol. The number of hydrogen-bond acceptors (Lipinski definition) is 6. The molecule has 0 saturated carbocycles. The SMILES string of the molecule is C[C@H]1CC2(CCNCC2)c2c1n(CC(=O)Nc1ccc(C(F)(F)F)cc1Cl)c1ncc(N(C)C)nc1c2=O. The van der Waals surface area contributed by atoms with Gasteiger partial charge in [-0.3, -0.25) is 9.59 Å². The second-order valence-corrected chi connectivity index (χ2v) is 10.8. The second kappa shape index (κ2) is 9.53. The molecular weight excluding hydrogens is 521 g/mol. The molecule has 202 valence electrons. The van der Waals surface area contributed by atoms with Crippen LogP contribution in [0.2, 0.25) is 5.02 Å². The molecule has 3 aromatic rings. The summed E-state index contributed by atoms with van der Waals surface area (Å²) in [5.74, 6) is 0.0150. The monoisotopic (exact) mass is 548 g/mol. The van der Waals surface area contributed by atoms with Gasteiger partial charge in [0.25, 0.3) is 0 Å². The molecule has 12 heteroatoms. The summed E-state index contributed by atoms with van der Waals surface area (Å²) in [6.07, 6.45) is -0.609. The number of carbonyl (C=O) groups excluding carboxylic acids is 1. The maximum atomic E-state index is 13.9. The Hall–Kier alpha value is -3.18. The van der Waals surface area contributed by atoms with Crippen LogP contribution < -0.4 is 21.0 Å². The van der Waals surface area contributed by atoms with Crippen LogP contribution >= 0.6 is 11.6 Å². The molecule has 3 heterocycles. The van der Waals surface area contributed by atoms with Crippen molar-refractivity contribution in [2.75, 3.05) is 37.4 Å². The Morgan fingerprint density at radius 3 is 2.63 bits per heavy atom. The smallest absolute Gasteiger partial charge is 0.361 e. The van der Waals surface area contributed by atoms with Crippen molar-refractivity contribution < 1.29 is 18.0 Å². The lowest BCUT2D eigenvalue weighted by atomic mass is 9.74. The molecule has 5 rings (SSSR count). The summed E-state index contributed by atoms with van der Waals surface area (Å²) in [6.45, 7) is 3.43. The third kappa shape index (κ3) is 4.51. The van der Waals surface area contributed by atoms with Crippen molar-refractivity contribution in [1.29, 1.82) is 0 Å². The molecule has 1 spiro atoms. The van der Waals surface area contributed by atoms with Crippen LogP contribution in [0.5, 0.6) is 0 Å². The van der Waals surface area contributed by atoms with Gasteiger partial charge in [-0.1, -0.05) is 18.5 Å². The first-order chi connectivity index (χ1) is 17.9. The number of alkyl halides is 3. The Kier molecular flexibility index (Phi) is 6.63. The molecule has 8 nitrogen and oxygen atoms in total. The molecule has 1 saturated heterocycles. The second-order valence-electron chi connectivity index (χ2n) is 10.3. The summed E-state index contributed by atoms with van der Waals surface area (Å²) >= 11 is 6.06. The Balaban J connectivity index is 1.60. The molecule has 0 unspecified atom stereocenters. The predicted octanol–water partition coefficient (Wildman–Crippen LogP) is 4.30. The van der Waals surface area contributed by atoms with Gasteiger partial charge in [-0.2, -0.15) is 13.2 Å². The first-order valence-electron chi connectivity index (χ1n) is 12.4. The normalized spacial score (nSPS) is 18.6. The maximum absolute atomic E-state index is 13.9. The quantitative estimate of drug-likeness (QED) is 0.505. The van der Waals surface area contributed by atoms with E-state index in [9.17, 15) is 22.8 Å². The molecular formula is C26H28ClF3N6O2. The van der Waals surface area contributed by atoms with Gasteiger partial charge in [0.15, 0.2) is 11.2 Å². The van der Waals surface area contributed by atoms with E-state index in [0.717, 1.165) is 56.2 Å². The third-order valence-electron chi connectivity index (χ3n) is 7.57. The van der Waals surface area contributed by atoms with Crippen LogP contribution in [0.1, 0.15) is 48.9 Å². The summed E-state index contributed by atoms with van der Waals surface area (Å²) in [5, 5.41) is 5.76. The van der Waals surface area contributed by atoms with Crippen molar-refractivity contribution in [2.45, 2.75) is 50.2 Å². The van der Waals surface area contributed by atoms with E-state index in [-0.39, 0.29) is 39.5 Å². The molecule has 2 aliphatic rings. The highest BCUT2D eigenvalue weighted by Crippen LogP contribution is 2.50. The molecule has 1 fully saturated rings. The van der Waals surface area contributed by atoms with E-state index in [4.69, 9.17) is 11.6 Å². The van der Waals surface area contributed by atoms with Gasteiger partial charge in [0, 0.05) is 30.8 Å². The average molecular weight is 549 g/mol. The Morgan fingerprint density at radius 1 is 1.29 bits per heavy atom. The number of halogens is 4. The van der Waals surface area contributed by atoms with Crippen molar-refractivity contribution in [2.24, 2.45) is 0 Å². The van der Waals surface area contributed by atoms with Gasteiger partial charge < -0.3 is 20.1 Å². The van der Waals surface area contributed by atoms with Crippen LogP contribution in [0, 0.1) is 0 Å². The number of amides is 1. The molecule has 1 aliphatic heterocycles. The minimum absolute atomic E-state index is 0.00187. The minimum atomic E-state index is -4.55. The van der Waals surface area contributed by atoms with Crippen LogP contribution in [0.15, 0.2) is 29.2 Å². The standard InChI is InChI=1S/C26H28ClF3N6O2/c1-14-11-25(6-8-31-9-7-25)20-22(14)36(24-21(23(20)38)34-18(12-32-24)35(2)3)13-19(37)33-17-5-4-15(10-16(17)27)26(28,29)30/h4-5,10,12,14,31H,6-9,11,13H2,1-3H3,(H,33,37)/t14-/m0/s1.